The Morgan fingerprint density at radius 2 is 1.66 bits per heavy atom. The van der Waals surface area contributed by atoms with Crippen molar-refractivity contribution in [1.82, 2.24) is 9.62 Å². The lowest BCUT2D eigenvalue weighted by atomic mass is 10.2. The van der Waals surface area contributed by atoms with Gasteiger partial charge in [0.25, 0.3) is 0 Å². The van der Waals surface area contributed by atoms with Gasteiger partial charge in [-0.2, -0.15) is 4.31 Å². The first-order valence-electron chi connectivity index (χ1n) is 9.09. The third-order valence-electron chi connectivity index (χ3n) is 4.19. The summed E-state index contributed by atoms with van der Waals surface area (Å²) in [5, 5.41) is 5.11. The van der Waals surface area contributed by atoms with Gasteiger partial charge in [-0.25, -0.2) is 8.42 Å². The molecular weight excluding hydrogens is 390 g/mol. The van der Waals surface area contributed by atoms with E-state index < -0.39 is 15.9 Å². The van der Waals surface area contributed by atoms with Crippen molar-refractivity contribution >= 4 is 33.6 Å². The van der Waals surface area contributed by atoms with Crippen molar-refractivity contribution in [3.05, 3.63) is 66.2 Å². The maximum Gasteiger partial charge on any atom is 0.244 e. The Labute approximate surface area is 171 Å². The van der Waals surface area contributed by atoms with Gasteiger partial charge in [0.1, 0.15) is 0 Å². The molecule has 8 heteroatoms. The maximum atomic E-state index is 12.4. The van der Waals surface area contributed by atoms with E-state index in [4.69, 9.17) is 0 Å². The number of carbonyl (C=O) groups is 2. The Morgan fingerprint density at radius 3 is 2.24 bits per heavy atom. The largest absolute Gasteiger partial charge is 0.343 e. The Kier molecular flexibility index (Phi) is 7.69. The van der Waals surface area contributed by atoms with Crippen molar-refractivity contribution < 1.29 is 18.0 Å². The molecule has 0 aliphatic heterocycles. The Balaban J connectivity index is 1.88. The summed E-state index contributed by atoms with van der Waals surface area (Å²) in [7, 11) is -2.06. The first-order valence-corrected chi connectivity index (χ1v) is 10.5. The second kappa shape index (κ2) is 9.99. The monoisotopic (exact) mass is 415 g/mol. The second-order valence-electron chi connectivity index (χ2n) is 6.65. The Morgan fingerprint density at radius 1 is 1.03 bits per heavy atom. The van der Waals surface area contributed by atoms with Gasteiger partial charge in [-0.05, 0) is 49.8 Å². The Hall–Kier alpha value is -2.97. The molecule has 0 fully saturated rings. The van der Waals surface area contributed by atoms with Gasteiger partial charge in [-0.3, -0.25) is 9.59 Å². The normalized spacial score (nSPS) is 11.8. The summed E-state index contributed by atoms with van der Waals surface area (Å²) in [6.45, 7) is 3.37. The van der Waals surface area contributed by atoms with Crippen LogP contribution in [0.2, 0.25) is 0 Å². The van der Waals surface area contributed by atoms with Crippen LogP contribution in [-0.4, -0.2) is 44.2 Å². The van der Waals surface area contributed by atoms with E-state index in [0.717, 1.165) is 5.56 Å². The van der Waals surface area contributed by atoms with Crippen LogP contribution in [0.5, 0.6) is 0 Å². The van der Waals surface area contributed by atoms with Crippen molar-refractivity contribution in [2.24, 2.45) is 0 Å². The fourth-order valence-corrected chi connectivity index (χ4v) is 3.69. The number of carbonyl (C=O) groups excluding carboxylic acids is 2. The summed E-state index contributed by atoms with van der Waals surface area (Å²) in [6.07, 6.45) is 3.01. The molecule has 7 nitrogen and oxygen atoms in total. The summed E-state index contributed by atoms with van der Waals surface area (Å²) in [5.41, 5.74) is 1.32. The summed E-state index contributed by atoms with van der Waals surface area (Å²) >= 11 is 0. The molecular formula is C21H25N3O4S. The SMILES string of the molecule is CC(C)N(C)S(=O)(=O)c1ccc(NC(=O)CNC(=O)/C=C/c2ccccc2)cc1. The highest BCUT2D eigenvalue weighted by atomic mass is 32.2. The molecule has 0 radical (unpaired) electrons. The number of nitrogens with one attached hydrogen (secondary N) is 2. The molecule has 0 spiro atoms. The molecule has 0 aliphatic carbocycles. The second-order valence-corrected chi connectivity index (χ2v) is 8.65. The highest BCUT2D eigenvalue weighted by Crippen LogP contribution is 2.18. The summed E-state index contributed by atoms with van der Waals surface area (Å²) in [6, 6.07) is 15.1. The molecule has 154 valence electrons. The molecule has 0 saturated carbocycles. The number of amides is 2. The lowest BCUT2D eigenvalue weighted by Gasteiger charge is -2.21. The zero-order valence-corrected chi connectivity index (χ0v) is 17.4. The average Bonchev–Trinajstić information content (AvgIpc) is 2.71. The molecule has 2 rings (SSSR count). The van der Waals surface area contributed by atoms with Crippen molar-refractivity contribution in [3.8, 4) is 0 Å². The van der Waals surface area contributed by atoms with E-state index in [1.54, 1.807) is 19.9 Å². The minimum Gasteiger partial charge on any atom is -0.343 e. The van der Waals surface area contributed by atoms with E-state index >= 15 is 0 Å². The van der Waals surface area contributed by atoms with Crippen molar-refractivity contribution in [3.63, 3.8) is 0 Å². The van der Waals surface area contributed by atoms with E-state index in [0.29, 0.717) is 5.69 Å². The molecule has 2 N–H and O–H groups in total. The van der Waals surface area contributed by atoms with Crippen LogP contribution < -0.4 is 10.6 Å². The minimum atomic E-state index is -3.58. The van der Waals surface area contributed by atoms with E-state index in [1.807, 2.05) is 30.3 Å². The average molecular weight is 416 g/mol. The molecule has 0 aromatic heterocycles. The smallest absolute Gasteiger partial charge is 0.244 e. The van der Waals surface area contributed by atoms with Crippen molar-refractivity contribution in [2.45, 2.75) is 24.8 Å². The lowest BCUT2D eigenvalue weighted by molar-refractivity contribution is -0.121. The van der Waals surface area contributed by atoms with E-state index in [-0.39, 0.29) is 23.4 Å². The molecule has 0 saturated heterocycles. The van der Waals surface area contributed by atoms with E-state index in [9.17, 15) is 18.0 Å². The molecule has 2 amide bonds. The topological polar surface area (TPSA) is 95.6 Å². The minimum absolute atomic E-state index is 0.144. The molecule has 0 unspecified atom stereocenters. The number of sulfonamides is 1. The van der Waals surface area contributed by atoms with Crippen LogP contribution in [0.3, 0.4) is 0 Å². The number of nitrogens with zero attached hydrogens (tertiary/aromatic N) is 1. The van der Waals surface area contributed by atoms with Crippen LogP contribution >= 0.6 is 0 Å². The first-order chi connectivity index (χ1) is 13.7. The number of hydrogen-bond acceptors (Lipinski definition) is 4. The summed E-state index contributed by atoms with van der Waals surface area (Å²) in [4.78, 5) is 23.9. The predicted molar refractivity (Wildman–Crippen MR) is 114 cm³/mol. The third kappa shape index (κ3) is 6.55. The Bertz CT molecular complexity index is 969. The molecule has 2 aromatic carbocycles. The number of anilines is 1. The fraction of sp³-hybridized carbons (Fsp3) is 0.238. The highest BCUT2D eigenvalue weighted by Gasteiger charge is 2.22. The molecule has 0 atom stereocenters. The molecule has 0 bridgehead atoms. The lowest BCUT2D eigenvalue weighted by Crippen LogP contribution is -2.33. The van der Waals surface area contributed by atoms with E-state index in [1.165, 1.54) is 41.7 Å². The van der Waals surface area contributed by atoms with Gasteiger partial charge in [-0.1, -0.05) is 30.3 Å². The zero-order valence-electron chi connectivity index (χ0n) is 16.6. The van der Waals surface area contributed by atoms with Gasteiger partial charge in [0, 0.05) is 24.9 Å². The molecule has 0 heterocycles. The number of rotatable bonds is 8. The van der Waals surface area contributed by atoms with E-state index in [2.05, 4.69) is 10.6 Å². The number of hydrogen-bond donors (Lipinski definition) is 2. The van der Waals surface area contributed by atoms with Gasteiger partial charge >= 0.3 is 0 Å². The maximum absolute atomic E-state index is 12.4. The van der Waals surface area contributed by atoms with Crippen LogP contribution in [-0.2, 0) is 19.6 Å². The van der Waals surface area contributed by atoms with Crippen molar-refractivity contribution in [1.29, 1.82) is 0 Å². The van der Waals surface area contributed by atoms with Crippen LogP contribution in [0.1, 0.15) is 19.4 Å². The van der Waals surface area contributed by atoms with Gasteiger partial charge in [0.05, 0.1) is 11.4 Å². The first kappa shape index (κ1) is 22.3. The van der Waals surface area contributed by atoms with Gasteiger partial charge in [0.2, 0.25) is 21.8 Å². The third-order valence-corrected chi connectivity index (χ3v) is 6.24. The predicted octanol–water partition coefficient (Wildman–Crippen LogP) is 2.48. The van der Waals surface area contributed by atoms with Gasteiger partial charge < -0.3 is 10.6 Å². The molecule has 2 aromatic rings. The van der Waals surface area contributed by atoms with Crippen LogP contribution in [0.25, 0.3) is 6.08 Å². The highest BCUT2D eigenvalue weighted by molar-refractivity contribution is 7.89. The molecule has 29 heavy (non-hydrogen) atoms. The standard InChI is InChI=1S/C21H25N3O4S/c1-16(2)24(3)29(27,28)19-12-10-18(11-13-19)23-21(26)15-22-20(25)14-9-17-7-5-4-6-8-17/h4-14,16H,15H2,1-3H3,(H,22,25)(H,23,26)/b14-9+. The van der Waals surface area contributed by atoms with Crippen LogP contribution in [0.4, 0.5) is 5.69 Å². The summed E-state index contributed by atoms with van der Waals surface area (Å²) in [5.74, 6) is -0.802. The quantitative estimate of drug-likeness (QED) is 0.648. The zero-order chi connectivity index (χ0) is 21.4. The van der Waals surface area contributed by atoms with Crippen LogP contribution in [0.15, 0.2) is 65.6 Å². The van der Waals surface area contributed by atoms with Gasteiger partial charge in [0.15, 0.2) is 0 Å². The van der Waals surface area contributed by atoms with Gasteiger partial charge in [-0.15, -0.1) is 0 Å². The van der Waals surface area contributed by atoms with Crippen LogP contribution in [0, 0.1) is 0 Å². The number of benzene rings is 2. The molecule has 0 aliphatic rings. The van der Waals surface area contributed by atoms with Crippen molar-refractivity contribution in [2.75, 3.05) is 18.9 Å². The fourth-order valence-electron chi connectivity index (χ4n) is 2.32. The summed E-state index contributed by atoms with van der Waals surface area (Å²) < 4.78 is 26.1.